The first-order chi connectivity index (χ1) is 8.49. The minimum absolute atomic E-state index is 0.223. The van der Waals surface area contributed by atoms with Crippen molar-refractivity contribution in [3.05, 3.63) is 17.5 Å². The van der Waals surface area contributed by atoms with E-state index in [0.717, 1.165) is 41.7 Å². The lowest BCUT2D eigenvalue weighted by Gasteiger charge is -2.11. The molecule has 102 valence electrons. The number of hydrogen-bond donors (Lipinski definition) is 2. The zero-order chi connectivity index (χ0) is 13.2. The van der Waals surface area contributed by atoms with Crippen LogP contribution in [0, 0.1) is 0 Å². The molecule has 0 bridgehead atoms. The maximum atomic E-state index is 11.6. The molecule has 0 amide bonds. The second kappa shape index (κ2) is 5.35. The molecule has 18 heavy (non-hydrogen) atoms. The fourth-order valence-electron chi connectivity index (χ4n) is 1.80. The summed E-state index contributed by atoms with van der Waals surface area (Å²) < 4.78 is 28.7. The Labute approximate surface area is 107 Å². The standard InChI is InChI=1S/C10H19N5O2S/c1-14(2)18(16,17)12-7-9-6-10-8-11-4-3-5-15(10)13-9/h6,11-12H,3-5,7-8H2,1-2H3. The first kappa shape index (κ1) is 13.5. The zero-order valence-electron chi connectivity index (χ0n) is 10.7. The molecule has 0 spiro atoms. The smallest absolute Gasteiger partial charge is 0.279 e. The maximum absolute atomic E-state index is 11.6. The van der Waals surface area contributed by atoms with Gasteiger partial charge in [-0.05, 0) is 19.0 Å². The molecule has 2 heterocycles. The molecule has 1 aliphatic rings. The van der Waals surface area contributed by atoms with Crippen molar-refractivity contribution >= 4 is 10.2 Å². The number of nitrogens with zero attached hydrogens (tertiary/aromatic N) is 3. The van der Waals surface area contributed by atoms with E-state index >= 15 is 0 Å². The number of aryl methyl sites for hydroxylation is 1. The molecule has 7 nitrogen and oxygen atoms in total. The summed E-state index contributed by atoms with van der Waals surface area (Å²) in [6.07, 6.45) is 1.04. The van der Waals surface area contributed by atoms with E-state index in [9.17, 15) is 8.42 Å². The number of nitrogens with one attached hydrogen (secondary N) is 2. The highest BCUT2D eigenvalue weighted by Gasteiger charge is 2.15. The number of aromatic nitrogens is 2. The Hall–Kier alpha value is -0.960. The van der Waals surface area contributed by atoms with Crippen molar-refractivity contribution in [1.82, 2.24) is 24.1 Å². The van der Waals surface area contributed by atoms with E-state index in [1.807, 2.05) is 10.7 Å². The van der Waals surface area contributed by atoms with Crippen molar-refractivity contribution in [3.63, 3.8) is 0 Å². The van der Waals surface area contributed by atoms with E-state index in [1.54, 1.807) is 0 Å². The average Bonchev–Trinajstić information content (AvgIpc) is 2.57. The van der Waals surface area contributed by atoms with Gasteiger partial charge >= 0.3 is 0 Å². The summed E-state index contributed by atoms with van der Waals surface area (Å²) in [7, 11) is -0.397. The highest BCUT2D eigenvalue weighted by Crippen LogP contribution is 2.08. The van der Waals surface area contributed by atoms with Gasteiger partial charge in [0.15, 0.2) is 0 Å². The fraction of sp³-hybridized carbons (Fsp3) is 0.700. The predicted molar refractivity (Wildman–Crippen MR) is 68.0 cm³/mol. The molecule has 1 aromatic rings. The lowest BCUT2D eigenvalue weighted by atomic mass is 10.3. The van der Waals surface area contributed by atoms with Crippen LogP contribution in [0.4, 0.5) is 0 Å². The Morgan fingerprint density at radius 2 is 2.33 bits per heavy atom. The van der Waals surface area contributed by atoms with Gasteiger partial charge in [-0.3, -0.25) is 4.68 Å². The molecule has 0 fully saturated rings. The normalized spacial score (nSPS) is 16.6. The van der Waals surface area contributed by atoms with Crippen LogP contribution in [0.3, 0.4) is 0 Å². The van der Waals surface area contributed by atoms with Crippen LogP contribution in [0.15, 0.2) is 6.07 Å². The molecule has 0 unspecified atom stereocenters. The van der Waals surface area contributed by atoms with Crippen molar-refractivity contribution in [1.29, 1.82) is 0 Å². The van der Waals surface area contributed by atoms with E-state index in [4.69, 9.17) is 0 Å². The average molecular weight is 273 g/mol. The minimum atomic E-state index is -3.39. The van der Waals surface area contributed by atoms with Gasteiger partial charge in [-0.25, -0.2) is 0 Å². The van der Waals surface area contributed by atoms with Gasteiger partial charge < -0.3 is 5.32 Å². The Kier molecular flexibility index (Phi) is 4.00. The van der Waals surface area contributed by atoms with Gasteiger partial charge in [-0.2, -0.15) is 22.5 Å². The summed E-state index contributed by atoms with van der Waals surface area (Å²) in [5.41, 5.74) is 1.85. The van der Waals surface area contributed by atoms with Crippen molar-refractivity contribution in [3.8, 4) is 0 Å². The lowest BCUT2D eigenvalue weighted by Crippen LogP contribution is -2.35. The quantitative estimate of drug-likeness (QED) is 0.758. The predicted octanol–water partition coefficient (Wildman–Crippen LogP) is -0.728. The number of rotatable bonds is 4. The molecular weight excluding hydrogens is 254 g/mol. The maximum Gasteiger partial charge on any atom is 0.279 e. The molecule has 0 saturated heterocycles. The third-order valence-electron chi connectivity index (χ3n) is 2.86. The molecule has 0 saturated carbocycles. The van der Waals surface area contributed by atoms with Gasteiger partial charge in [0.2, 0.25) is 0 Å². The second-order valence-electron chi connectivity index (χ2n) is 4.49. The minimum Gasteiger partial charge on any atom is -0.311 e. The summed E-state index contributed by atoms with van der Waals surface area (Å²) in [6, 6.07) is 1.94. The molecular formula is C10H19N5O2S. The van der Waals surface area contributed by atoms with Gasteiger partial charge in [0.1, 0.15) is 0 Å². The van der Waals surface area contributed by atoms with Gasteiger partial charge in [0.05, 0.1) is 17.9 Å². The molecule has 0 radical (unpaired) electrons. The third kappa shape index (κ3) is 3.08. The molecule has 0 aromatic carbocycles. The molecule has 1 aromatic heterocycles. The summed E-state index contributed by atoms with van der Waals surface area (Å²) in [4.78, 5) is 0. The summed E-state index contributed by atoms with van der Waals surface area (Å²) >= 11 is 0. The monoisotopic (exact) mass is 273 g/mol. The first-order valence-electron chi connectivity index (χ1n) is 5.92. The zero-order valence-corrected chi connectivity index (χ0v) is 11.5. The van der Waals surface area contributed by atoms with Gasteiger partial charge in [-0.1, -0.05) is 0 Å². The summed E-state index contributed by atoms with van der Waals surface area (Å²) in [5.74, 6) is 0. The van der Waals surface area contributed by atoms with Crippen molar-refractivity contribution in [2.45, 2.75) is 26.1 Å². The van der Waals surface area contributed by atoms with Gasteiger partial charge in [-0.15, -0.1) is 0 Å². The van der Waals surface area contributed by atoms with E-state index in [0.29, 0.717) is 0 Å². The molecule has 8 heteroatoms. The Bertz CT molecular complexity index is 485. The van der Waals surface area contributed by atoms with E-state index in [-0.39, 0.29) is 6.54 Å². The van der Waals surface area contributed by atoms with Crippen molar-refractivity contribution in [2.75, 3.05) is 20.6 Å². The molecule has 0 aliphatic carbocycles. The first-order valence-corrected chi connectivity index (χ1v) is 7.36. The molecule has 2 rings (SSSR count). The fourth-order valence-corrected chi connectivity index (χ4v) is 2.39. The van der Waals surface area contributed by atoms with E-state index < -0.39 is 10.2 Å². The Morgan fingerprint density at radius 3 is 3.06 bits per heavy atom. The highest BCUT2D eigenvalue weighted by atomic mass is 32.2. The van der Waals surface area contributed by atoms with Gasteiger partial charge in [0, 0.05) is 27.2 Å². The van der Waals surface area contributed by atoms with Crippen LogP contribution < -0.4 is 10.0 Å². The lowest BCUT2D eigenvalue weighted by molar-refractivity contribution is 0.503. The van der Waals surface area contributed by atoms with Crippen LogP contribution in [-0.2, 0) is 29.8 Å². The molecule has 1 aliphatic heterocycles. The van der Waals surface area contributed by atoms with E-state index in [1.165, 1.54) is 14.1 Å². The van der Waals surface area contributed by atoms with Crippen LogP contribution in [0.5, 0.6) is 0 Å². The number of fused-ring (bicyclic) bond motifs is 1. The highest BCUT2D eigenvalue weighted by molar-refractivity contribution is 7.87. The topological polar surface area (TPSA) is 79.3 Å². The van der Waals surface area contributed by atoms with Crippen molar-refractivity contribution < 1.29 is 8.42 Å². The second-order valence-corrected chi connectivity index (χ2v) is 6.46. The largest absolute Gasteiger partial charge is 0.311 e. The molecule has 0 atom stereocenters. The Balaban J connectivity index is 2.03. The van der Waals surface area contributed by atoms with Crippen LogP contribution in [0.1, 0.15) is 17.8 Å². The number of hydrogen-bond acceptors (Lipinski definition) is 4. The third-order valence-corrected chi connectivity index (χ3v) is 4.33. The van der Waals surface area contributed by atoms with Gasteiger partial charge in [0.25, 0.3) is 10.2 Å². The van der Waals surface area contributed by atoms with Crippen LogP contribution in [0.25, 0.3) is 0 Å². The van der Waals surface area contributed by atoms with E-state index in [2.05, 4.69) is 15.1 Å². The SMILES string of the molecule is CN(C)S(=O)(=O)NCc1cc2n(n1)CCCNC2. The Morgan fingerprint density at radius 1 is 1.56 bits per heavy atom. The summed E-state index contributed by atoms with van der Waals surface area (Å²) in [5, 5.41) is 7.70. The van der Waals surface area contributed by atoms with Crippen LogP contribution in [-0.4, -0.2) is 43.1 Å². The van der Waals surface area contributed by atoms with Crippen molar-refractivity contribution in [2.24, 2.45) is 0 Å². The summed E-state index contributed by atoms with van der Waals surface area (Å²) in [6.45, 7) is 2.88. The van der Waals surface area contributed by atoms with Crippen LogP contribution >= 0.6 is 0 Å². The molecule has 2 N–H and O–H groups in total. The van der Waals surface area contributed by atoms with Crippen LogP contribution in [0.2, 0.25) is 0 Å².